The van der Waals surface area contributed by atoms with Crippen molar-refractivity contribution < 1.29 is 9.59 Å². The Morgan fingerprint density at radius 1 is 1.09 bits per heavy atom. The molecular weight excluding hydrogens is 276 g/mol. The number of amides is 2. The van der Waals surface area contributed by atoms with E-state index < -0.39 is 0 Å². The first kappa shape index (κ1) is 14.3. The van der Waals surface area contributed by atoms with Crippen LogP contribution in [0.3, 0.4) is 0 Å². The molecule has 0 saturated carbocycles. The second kappa shape index (κ2) is 5.64. The number of nitrogens with zero attached hydrogens (tertiary/aromatic N) is 1. The summed E-state index contributed by atoms with van der Waals surface area (Å²) >= 11 is 0. The van der Waals surface area contributed by atoms with Crippen LogP contribution in [-0.2, 0) is 11.2 Å². The SMILES string of the molecule is CC(=O)Nc1ccc(C(=O)N2c3ccccc3CC2C)cc1. The van der Waals surface area contributed by atoms with E-state index in [0.717, 1.165) is 12.1 Å². The highest BCUT2D eigenvalue weighted by Crippen LogP contribution is 2.33. The van der Waals surface area contributed by atoms with Crippen molar-refractivity contribution in [2.75, 3.05) is 10.2 Å². The Labute approximate surface area is 129 Å². The van der Waals surface area contributed by atoms with Gasteiger partial charge in [-0.05, 0) is 49.2 Å². The monoisotopic (exact) mass is 294 g/mol. The Kier molecular flexibility index (Phi) is 3.67. The molecule has 0 fully saturated rings. The van der Waals surface area contributed by atoms with Gasteiger partial charge in [0.1, 0.15) is 0 Å². The van der Waals surface area contributed by atoms with Crippen LogP contribution in [0.2, 0.25) is 0 Å². The standard InChI is InChI=1S/C18H18N2O2/c1-12-11-15-5-3-4-6-17(15)20(12)18(22)14-7-9-16(10-8-14)19-13(2)21/h3-10,12H,11H2,1-2H3,(H,19,21). The average molecular weight is 294 g/mol. The molecule has 1 unspecified atom stereocenters. The maximum Gasteiger partial charge on any atom is 0.258 e. The van der Waals surface area contributed by atoms with Crippen molar-refractivity contribution in [3.05, 3.63) is 59.7 Å². The van der Waals surface area contributed by atoms with Crippen LogP contribution in [0, 0.1) is 0 Å². The average Bonchev–Trinajstić information content (AvgIpc) is 2.82. The Morgan fingerprint density at radius 2 is 1.77 bits per heavy atom. The lowest BCUT2D eigenvalue weighted by atomic mass is 10.1. The largest absolute Gasteiger partial charge is 0.326 e. The molecule has 1 heterocycles. The van der Waals surface area contributed by atoms with Crippen LogP contribution in [0.4, 0.5) is 11.4 Å². The molecule has 1 atom stereocenters. The van der Waals surface area contributed by atoms with Gasteiger partial charge >= 0.3 is 0 Å². The number of nitrogens with one attached hydrogen (secondary N) is 1. The van der Waals surface area contributed by atoms with Crippen LogP contribution in [0.15, 0.2) is 48.5 Å². The van der Waals surface area contributed by atoms with Gasteiger partial charge in [0.2, 0.25) is 5.91 Å². The minimum atomic E-state index is -0.124. The summed E-state index contributed by atoms with van der Waals surface area (Å²) in [6.45, 7) is 3.52. The number of hydrogen-bond donors (Lipinski definition) is 1. The zero-order valence-corrected chi connectivity index (χ0v) is 12.7. The molecular formula is C18H18N2O2. The molecule has 22 heavy (non-hydrogen) atoms. The molecule has 0 bridgehead atoms. The van der Waals surface area contributed by atoms with Gasteiger partial charge in [-0.25, -0.2) is 0 Å². The molecule has 2 aromatic carbocycles. The lowest BCUT2D eigenvalue weighted by Crippen LogP contribution is -2.35. The van der Waals surface area contributed by atoms with Crippen LogP contribution < -0.4 is 10.2 Å². The summed E-state index contributed by atoms with van der Waals surface area (Å²) in [4.78, 5) is 25.7. The highest BCUT2D eigenvalue weighted by Gasteiger charge is 2.31. The number of carbonyl (C=O) groups excluding carboxylic acids is 2. The van der Waals surface area contributed by atoms with E-state index in [0.29, 0.717) is 11.3 Å². The number of para-hydroxylation sites is 1. The molecule has 4 heteroatoms. The van der Waals surface area contributed by atoms with E-state index in [4.69, 9.17) is 0 Å². The molecule has 0 aromatic heterocycles. The second-order valence-corrected chi connectivity index (χ2v) is 5.62. The Morgan fingerprint density at radius 3 is 2.45 bits per heavy atom. The zero-order chi connectivity index (χ0) is 15.7. The molecule has 4 nitrogen and oxygen atoms in total. The van der Waals surface area contributed by atoms with Gasteiger partial charge in [-0.2, -0.15) is 0 Å². The Bertz CT molecular complexity index is 722. The lowest BCUT2D eigenvalue weighted by molar-refractivity contribution is -0.114. The maximum absolute atomic E-state index is 12.8. The molecule has 2 aromatic rings. The van der Waals surface area contributed by atoms with Gasteiger partial charge in [0, 0.05) is 29.9 Å². The number of benzene rings is 2. The fourth-order valence-corrected chi connectivity index (χ4v) is 2.91. The molecule has 0 spiro atoms. The fraction of sp³-hybridized carbons (Fsp3) is 0.222. The number of carbonyl (C=O) groups is 2. The minimum Gasteiger partial charge on any atom is -0.326 e. The lowest BCUT2D eigenvalue weighted by Gasteiger charge is -2.23. The number of anilines is 2. The van der Waals surface area contributed by atoms with E-state index in [9.17, 15) is 9.59 Å². The highest BCUT2D eigenvalue weighted by atomic mass is 16.2. The van der Waals surface area contributed by atoms with E-state index in [1.54, 1.807) is 24.3 Å². The van der Waals surface area contributed by atoms with Crippen molar-refractivity contribution in [3.8, 4) is 0 Å². The van der Waals surface area contributed by atoms with Crippen molar-refractivity contribution in [2.45, 2.75) is 26.3 Å². The summed E-state index contributed by atoms with van der Waals surface area (Å²) in [5.74, 6) is -0.131. The van der Waals surface area contributed by atoms with Crippen molar-refractivity contribution in [2.24, 2.45) is 0 Å². The van der Waals surface area contributed by atoms with Gasteiger partial charge in [0.25, 0.3) is 5.91 Å². The summed E-state index contributed by atoms with van der Waals surface area (Å²) in [6, 6.07) is 15.2. The summed E-state index contributed by atoms with van der Waals surface area (Å²) in [6.07, 6.45) is 0.881. The number of fused-ring (bicyclic) bond motifs is 1. The second-order valence-electron chi connectivity index (χ2n) is 5.62. The van der Waals surface area contributed by atoms with Crippen molar-refractivity contribution >= 4 is 23.2 Å². The molecule has 1 N–H and O–H groups in total. The van der Waals surface area contributed by atoms with Gasteiger partial charge in [-0.3, -0.25) is 9.59 Å². The maximum atomic E-state index is 12.8. The molecule has 0 radical (unpaired) electrons. The van der Waals surface area contributed by atoms with E-state index in [1.807, 2.05) is 23.1 Å². The summed E-state index contributed by atoms with van der Waals surface area (Å²) in [7, 11) is 0. The van der Waals surface area contributed by atoms with Gasteiger partial charge in [0.05, 0.1) is 0 Å². The third-order valence-electron chi connectivity index (χ3n) is 3.88. The Balaban J connectivity index is 1.86. The predicted octanol–water partition coefficient (Wildman–Crippen LogP) is 3.24. The molecule has 1 aliphatic heterocycles. The van der Waals surface area contributed by atoms with Crippen LogP contribution in [0.1, 0.15) is 29.8 Å². The first-order valence-electron chi connectivity index (χ1n) is 7.35. The first-order valence-corrected chi connectivity index (χ1v) is 7.35. The topological polar surface area (TPSA) is 49.4 Å². The van der Waals surface area contributed by atoms with Gasteiger partial charge in [-0.1, -0.05) is 18.2 Å². The molecule has 1 aliphatic rings. The summed E-state index contributed by atoms with van der Waals surface area (Å²) < 4.78 is 0. The Hall–Kier alpha value is -2.62. The van der Waals surface area contributed by atoms with E-state index in [-0.39, 0.29) is 17.9 Å². The highest BCUT2D eigenvalue weighted by molar-refractivity contribution is 6.08. The van der Waals surface area contributed by atoms with Gasteiger partial charge < -0.3 is 10.2 Å². The molecule has 3 rings (SSSR count). The van der Waals surface area contributed by atoms with Crippen LogP contribution in [0.5, 0.6) is 0 Å². The van der Waals surface area contributed by atoms with Crippen LogP contribution in [-0.4, -0.2) is 17.9 Å². The first-order chi connectivity index (χ1) is 10.6. The third kappa shape index (κ3) is 2.60. The fourth-order valence-electron chi connectivity index (χ4n) is 2.91. The molecule has 2 amide bonds. The summed E-state index contributed by atoms with van der Waals surface area (Å²) in [5.41, 5.74) is 3.51. The number of hydrogen-bond acceptors (Lipinski definition) is 2. The van der Waals surface area contributed by atoms with Gasteiger partial charge in [0.15, 0.2) is 0 Å². The minimum absolute atomic E-state index is 0.00757. The van der Waals surface area contributed by atoms with Crippen molar-refractivity contribution in [1.82, 2.24) is 0 Å². The molecule has 0 saturated heterocycles. The van der Waals surface area contributed by atoms with E-state index >= 15 is 0 Å². The van der Waals surface area contributed by atoms with Crippen molar-refractivity contribution in [3.63, 3.8) is 0 Å². The van der Waals surface area contributed by atoms with Crippen LogP contribution in [0.25, 0.3) is 0 Å². The van der Waals surface area contributed by atoms with Gasteiger partial charge in [-0.15, -0.1) is 0 Å². The van der Waals surface area contributed by atoms with Crippen molar-refractivity contribution in [1.29, 1.82) is 0 Å². The van der Waals surface area contributed by atoms with E-state index in [2.05, 4.69) is 18.3 Å². The van der Waals surface area contributed by atoms with E-state index in [1.165, 1.54) is 12.5 Å². The molecule has 0 aliphatic carbocycles. The summed E-state index contributed by atoms with van der Waals surface area (Å²) in [5, 5.41) is 2.70. The third-order valence-corrected chi connectivity index (χ3v) is 3.88. The normalized spacial score (nSPS) is 16.3. The smallest absolute Gasteiger partial charge is 0.258 e. The number of rotatable bonds is 2. The van der Waals surface area contributed by atoms with Crippen LogP contribution >= 0.6 is 0 Å². The zero-order valence-electron chi connectivity index (χ0n) is 12.7. The quantitative estimate of drug-likeness (QED) is 0.924. The predicted molar refractivity (Wildman–Crippen MR) is 87.2 cm³/mol. The molecule has 112 valence electrons.